The molecule has 34 heavy (non-hydrogen) atoms. The fourth-order valence-electron chi connectivity index (χ4n) is 3.99. The number of aromatic carboxylic acids is 1. The summed E-state index contributed by atoms with van der Waals surface area (Å²) >= 11 is 0. The molecule has 0 unspecified atom stereocenters. The predicted octanol–water partition coefficient (Wildman–Crippen LogP) is 6.21. The van der Waals surface area contributed by atoms with Crippen molar-refractivity contribution in [2.45, 2.75) is 25.9 Å². The molecule has 1 amide bonds. The van der Waals surface area contributed by atoms with Crippen LogP contribution in [-0.2, 0) is 24.3 Å². The molecule has 0 heterocycles. The standard InChI is InChI=1S/C30H27NO3/c32-29(18-17-23-9-3-1-4-10-23)31(21-24-11-5-2-6-12-24)22-25-13-7-14-26(19-25)27-15-8-16-28(20-27)30(33)34/h1-16,19-20H,17-18,21-22H2,(H,33,34). The molecule has 4 heteroatoms. The van der Waals surface area contributed by atoms with E-state index in [0.717, 1.165) is 27.8 Å². The van der Waals surface area contributed by atoms with E-state index in [1.54, 1.807) is 18.2 Å². The van der Waals surface area contributed by atoms with E-state index in [1.807, 2.05) is 95.9 Å². The Morgan fingerprint density at radius 2 is 1.18 bits per heavy atom. The number of amides is 1. The van der Waals surface area contributed by atoms with Crippen LogP contribution in [0.5, 0.6) is 0 Å². The Labute approximate surface area is 200 Å². The Hall–Kier alpha value is -4.18. The third kappa shape index (κ3) is 6.20. The molecule has 0 bridgehead atoms. The van der Waals surface area contributed by atoms with E-state index in [2.05, 4.69) is 0 Å². The SMILES string of the molecule is O=C(O)c1cccc(-c2cccc(CN(Cc3ccccc3)C(=O)CCc3ccccc3)c2)c1. The van der Waals surface area contributed by atoms with E-state index in [0.29, 0.717) is 25.9 Å². The van der Waals surface area contributed by atoms with Crippen LogP contribution >= 0.6 is 0 Å². The summed E-state index contributed by atoms with van der Waals surface area (Å²) < 4.78 is 0. The Balaban J connectivity index is 1.54. The fraction of sp³-hybridized carbons (Fsp3) is 0.133. The first-order valence-electron chi connectivity index (χ1n) is 11.4. The smallest absolute Gasteiger partial charge is 0.335 e. The average Bonchev–Trinajstić information content (AvgIpc) is 2.88. The molecule has 4 aromatic rings. The van der Waals surface area contributed by atoms with Gasteiger partial charge in [0.1, 0.15) is 0 Å². The first-order chi connectivity index (χ1) is 16.6. The van der Waals surface area contributed by atoms with Crippen molar-refractivity contribution >= 4 is 11.9 Å². The van der Waals surface area contributed by atoms with Gasteiger partial charge in [0.2, 0.25) is 5.91 Å². The van der Waals surface area contributed by atoms with E-state index in [1.165, 1.54) is 0 Å². The Morgan fingerprint density at radius 1 is 0.618 bits per heavy atom. The molecule has 0 aliphatic carbocycles. The summed E-state index contributed by atoms with van der Waals surface area (Å²) in [6, 6.07) is 34.9. The second kappa shape index (κ2) is 11.1. The van der Waals surface area contributed by atoms with Crippen molar-refractivity contribution in [3.8, 4) is 11.1 Å². The van der Waals surface area contributed by atoms with E-state index in [4.69, 9.17) is 0 Å². The quantitative estimate of drug-likeness (QED) is 0.330. The van der Waals surface area contributed by atoms with Gasteiger partial charge in [-0.25, -0.2) is 4.79 Å². The molecular formula is C30H27NO3. The van der Waals surface area contributed by atoms with Crippen LogP contribution in [0.1, 0.15) is 33.5 Å². The molecule has 1 N–H and O–H groups in total. The van der Waals surface area contributed by atoms with Crippen molar-refractivity contribution in [3.05, 3.63) is 131 Å². The van der Waals surface area contributed by atoms with Gasteiger partial charge < -0.3 is 10.0 Å². The zero-order valence-corrected chi connectivity index (χ0v) is 18.9. The normalized spacial score (nSPS) is 10.6. The van der Waals surface area contributed by atoms with Crippen molar-refractivity contribution in [2.24, 2.45) is 0 Å². The van der Waals surface area contributed by atoms with Gasteiger partial charge in [0, 0.05) is 19.5 Å². The van der Waals surface area contributed by atoms with Gasteiger partial charge in [-0.05, 0) is 52.4 Å². The number of carboxylic acid groups (broad SMARTS) is 1. The molecule has 0 radical (unpaired) electrons. The van der Waals surface area contributed by atoms with Crippen LogP contribution in [-0.4, -0.2) is 21.9 Å². The summed E-state index contributed by atoms with van der Waals surface area (Å²) in [5, 5.41) is 9.32. The molecule has 0 aliphatic heterocycles. The maximum Gasteiger partial charge on any atom is 0.335 e. The van der Waals surface area contributed by atoms with Gasteiger partial charge in [-0.2, -0.15) is 0 Å². The predicted molar refractivity (Wildman–Crippen MR) is 134 cm³/mol. The van der Waals surface area contributed by atoms with E-state index in [9.17, 15) is 14.7 Å². The summed E-state index contributed by atoms with van der Waals surface area (Å²) in [6.07, 6.45) is 1.14. The summed E-state index contributed by atoms with van der Waals surface area (Å²) in [5.74, 6) is -0.845. The average molecular weight is 450 g/mol. The Morgan fingerprint density at radius 3 is 1.85 bits per heavy atom. The molecule has 0 saturated heterocycles. The van der Waals surface area contributed by atoms with Gasteiger partial charge in [-0.15, -0.1) is 0 Å². The number of nitrogens with zero attached hydrogens (tertiary/aromatic N) is 1. The Kier molecular flexibility index (Phi) is 7.51. The highest BCUT2D eigenvalue weighted by Crippen LogP contribution is 2.23. The minimum atomic E-state index is -0.948. The van der Waals surface area contributed by atoms with Gasteiger partial charge in [-0.3, -0.25) is 4.79 Å². The summed E-state index contributed by atoms with van der Waals surface area (Å²) in [6.45, 7) is 1.02. The molecule has 0 spiro atoms. The van der Waals surface area contributed by atoms with Crippen molar-refractivity contribution in [3.63, 3.8) is 0 Å². The lowest BCUT2D eigenvalue weighted by Gasteiger charge is -2.24. The summed E-state index contributed by atoms with van der Waals surface area (Å²) in [4.78, 5) is 26.5. The largest absolute Gasteiger partial charge is 0.478 e. The molecule has 4 aromatic carbocycles. The molecule has 0 fully saturated rings. The number of hydrogen-bond donors (Lipinski definition) is 1. The second-order valence-electron chi connectivity index (χ2n) is 8.31. The van der Waals surface area contributed by atoms with Gasteiger partial charge in [0.15, 0.2) is 0 Å². The van der Waals surface area contributed by atoms with E-state index >= 15 is 0 Å². The van der Waals surface area contributed by atoms with Crippen LogP contribution < -0.4 is 0 Å². The number of aryl methyl sites for hydroxylation is 1. The van der Waals surface area contributed by atoms with Crippen LogP contribution in [0.15, 0.2) is 109 Å². The third-order valence-corrected chi connectivity index (χ3v) is 5.78. The van der Waals surface area contributed by atoms with E-state index < -0.39 is 5.97 Å². The number of benzene rings is 4. The number of rotatable bonds is 9. The zero-order valence-electron chi connectivity index (χ0n) is 18.9. The lowest BCUT2D eigenvalue weighted by molar-refractivity contribution is -0.132. The minimum absolute atomic E-state index is 0.103. The zero-order chi connectivity index (χ0) is 23.8. The van der Waals surface area contributed by atoms with Gasteiger partial charge in [0.05, 0.1) is 5.56 Å². The maximum absolute atomic E-state index is 13.3. The molecule has 0 atom stereocenters. The van der Waals surface area contributed by atoms with Crippen molar-refractivity contribution in [2.75, 3.05) is 0 Å². The maximum atomic E-state index is 13.3. The van der Waals surface area contributed by atoms with Crippen LogP contribution in [0.4, 0.5) is 0 Å². The van der Waals surface area contributed by atoms with Gasteiger partial charge >= 0.3 is 5.97 Å². The second-order valence-corrected chi connectivity index (χ2v) is 8.31. The molecule has 170 valence electrons. The number of carboxylic acids is 1. The van der Waals surface area contributed by atoms with Crippen LogP contribution in [0, 0.1) is 0 Å². The molecule has 0 aliphatic rings. The highest BCUT2D eigenvalue weighted by Gasteiger charge is 2.15. The number of carbonyl (C=O) groups excluding carboxylic acids is 1. The van der Waals surface area contributed by atoms with Crippen molar-refractivity contribution in [1.82, 2.24) is 4.90 Å². The monoisotopic (exact) mass is 449 g/mol. The minimum Gasteiger partial charge on any atom is -0.478 e. The van der Waals surface area contributed by atoms with Crippen LogP contribution in [0.25, 0.3) is 11.1 Å². The molecule has 0 aromatic heterocycles. The lowest BCUT2D eigenvalue weighted by Crippen LogP contribution is -2.30. The molecule has 4 nitrogen and oxygen atoms in total. The number of carbonyl (C=O) groups is 2. The highest BCUT2D eigenvalue weighted by molar-refractivity contribution is 5.89. The lowest BCUT2D eigenvalue weighted by atomic mass is 10.0. The fourth-order valence-corrected chi connectivity index (χ4v) is 3.99. The number of hydrogen-bond acceptors (Lipinski definition) is 2. The van der Waals surface area contributed by atoms with Crippen molar-refractivity contribution < 1.29 is 14.7 Å². The Bertz CT molecular complexity index is 1250. The first-order valence-corrected chi connectivity index (χ1v) is 11.4. The molecule has 0 saturated carbocycles. The van der Waals surface area contributed by atoms with Crippen LogP contribution in [0.2, 0.25) is 0 Å². The molecule has 4 rings (SSSR count). The van der Waals surface area contributed by atoms with Crippen LogP contribution in [0.3, 0.4) is 0 Å². The van der Waals surface area contributed by atoms with Gasteiger partial charge in [0.25, 0.3) is 0 Å². The summed E-state index contributed by atoms with van der Waals surface area (Å²) in [7, 11) is 0. The first kappa shape index (κ1) is 23.0. The highest BCUT2D eigenvalue weighted by atomic mass is 16.4. The van der Waals surface area contributed by atoms with Crippen molar-refractivity contribution in [1.29, 1.82) is 0 Å². The van der Waals surface area contributed by atoms with E-state index in [-0.39, 0.29) is 11.5 Å². The molecular weight excluding hydrogens is 422 g/mol. The summed E-state index contributed by atoms with van der Waals surface area (Å²) in [5.41, 5.74) is 5.26. The topological polar surface area (TPSA) is 57.6 Å². The third-order valence-electron chi connectivity index (χ3n) is 5.78. The van der Waals surface area contributed by atoms with Gasteiger partial charge in [-0.1, -0.05) is 91.0 Å².